The molecular weight excluding hydrogens is 240 g/mol. The molecule has 0 radical (unpaired) electrons. The predicted octanol–water partition coefficient (Wildman–Crippen LogP) is 2.82. The first-order valence-corrected chi connectivity index (χ1v) is 7.55. The molecule has 1 aromatic heterocycles. The van der Waals surface area contributed by atoms with Gasteiger partial charge in [-0.1, -0.05) is 19.3 Å². The molecule has 2 atom stereocenters. The smallest absolute Gasteiger partial charge is 0.0792 e. The standard InChI is InChI=1S/C15H24N2O2/c1-12(18)13-9-16-17(10-13)11-14-5-8-15(19-14)6-3-2-4-7-15/h9-10,12,14,18H,2-8,11H2,1H3. The van der Waals surface area contributed by atoms with Gasteiger partial charge in [0, 0.05) is 11.8 Å². The van der Waals surface area contributed by atoms with Crippen molar-refractivity contribution in [2.24, 2.45) is 0 Å². The highest BCUT2D eigenvalue weighted by Gasteiger charge is 2.40. The lowest BCUT2D eigenvalue weighted by Gasteiger charge is -2.33. The van der Waals surface area contributed by atoms with Crippen molar-refractivity contribution in [3.63, 3.8) is 0 Å². The molecule has 4 heteroatoms. The van der Waals surface area contributed by atoms with Gasteiger partial charge in [-0.05, 0) is 32.6 Å². The first kappa shape index (κ1) is 13.1. The third-order valence-corrected chi connectivity index (χ3v) is 4.63. The Morgan fingerprint density at radius 3 is 2.89 bits per heavy atom. The minimum absolute atomic E-state index is 0.184. The fraction of sp³-hybridized carbons (Fsp3) is 0.800. The van der Waals surface area contributed by atoms with E-state index in [1.165, 1.54) is 38.5 Å². The molecule has 1 saturated heterocycles. The van der Waals surface area contributed by atoms with Crippen LogP contribution in [0.1, 0.15) is 63.5 Å². The van der Waals surface area contributed by atoms with Gasteiger partial charge in [0.25, 0.3) is 0 Å². The Labute approximate surface area is 114 Å². The van der Waals surface area contributed by atoms with Crippen LogP contribution < -0.4 is 0 Å². The van der Waals surface area contributed by atoms with Crippen molar-refractivity contribution in [3.05, 3.63) is 18.0 Å². The van der Waals surface area contributed by atoms with E-state index < -0.39 is 6.10 Å². The number of aliphatic hydroxyl groups excluding tert-OH is 1. The number of hydrogen-bond donors (Lipinski definition) is 1. The number of aliphatic hydroxyl groups is 1. The summed E-state index contributed by atoms with van der Waals surface area (Å²) < 4.78 is 8.25. The fourth-order valence-electron chi connectivity index (χ4n) is 3.49. The number of nitrogens with zero attached hydrogens (tertiary/aromatic N) is 2. The lowest BCUT2D eigenvalue weighted by Crippen LogP contribution is -2.32. The molecule has 2 fully saturated rings. The number of rotatable bonds is 3. The highest BCUT2D eigenvalue weighted by atomic mass is 16.5. The molecule has 1 aliphatic heterocycles. The van der Waals surface area contributed by atoms with E-state index in [2.05, 4.69) is 5.10 Å². The van der Waals surface area contributed by atoms with Crippen LogP contribution in [0.3, 0.4) is 0 Å². The van der Waals surface area contributed by atoms with Gasteiger partial charge in [0.2, 0.25) is 0 Å². The average Bonchev–Trinajstić information content (AvgIpc) is 2.99. The zero-order valence-corrected chi connectivity index (χ0v) is 11.7. The van der Waals surface area contributed by atoms with Gasteiger partial charge < -0.3 is 9.84 Å². The Morgan fingerprint density at radius 1 is 1.42 bits per heavy atom. The quantitative estimate of drug-likeness (QED) is 0.913. The molecule has 1 spiro atoms. The van der Waals surface area contributed by atoms with Crippen molar-refractivity contribution < 1.29 is 9.84 Å². The van der Waals surface area contributed by atoms with Crippen LogP contribution in [0.4, 0.5) is 0 Å². The van der Waals surface area contributed by atoms with Crippen molar-refractivity contribution in [3.8, 4) is 0 Å². The van der Waals surface area contributed by atoms with E-state index in [0.717, 1.165) is 18.5 Å². The Morgan fingerprint density at radius 2 is 2.21 bits per heavy atom. The molecule has 4 nitrogen and oxygen atoms in total. The minimum atomic E-state index is -0.442. The summed E-state index contributed by atoms with van der Waals surface area (Å²) in [5, 5.41) is 13.8. The van der Waals surface area contributed by atoms with Gasteiger partial charge in [0.1, 0.15) is 0 Å². The van der Waals surface area contributed by atoms with Crippen LogP contribution in [0.2, 0.25) is 0 Å². The van der Waals surface area contributed by atoms with Gasteiger partial charge in [0.05, 0.1) is 30.6 Å². The number of hydrogen-bond acceptors (Lipinski definition) is 3. The largest absolute Gasteiger partial charge is 0.389 e. The molecule has 1 N–H and O–H groups in total. The third-order valence-electron chi connectivity index (χ3n) is 4.63. The summed E-state index contributed by atoms with van der Waals surface area (Å²) in [7, 11) is 0. The van der Waals surface area contributed by atoms with Gasteiger partial charge in [0.15, 0.2) is 0 Å². The summed E-state index contributed by atoms with van der Waals surface area (Å²) in [6.07, 6.45) is 12.4. The van der Waals surface area contributed by atoms with E-state index in [0.29, 0.717) is 6.10 Å². The highest BCUT2D eigenvalue weighted by molar-refractivity contribution is 5.06. The van der Waals surface area contributed by atoms with Crippen molar-refractivity contribution in [1.82, 2.24) is 9.78 Å². The monoisotopic (exact) mass is 264 g/mol. The summed E-state index contributed by atoms with van der Waals surface area (Å²) in [5.74, 6) is 0. The lowest BCUT2D eigenvalue weighted by atomic mass is 9.83. The zero-order valence-electron chi connectivity index (χ0n) is 11.7. The highest BCUT2D eigenvalue weighted by Crippen LogP contribution is 2.42. The maximum absolute atomic E-state index is 9.51. The van der Waals surface area contributed by atoms with Gasteiger partial charge in [-0.15, -0.1) is 0 Å². The Hall–Kier alpha value is -0.870. The molecule has 3 rings (SSSR count). The first-order valence-electron chi connectivity index (χ1n) is 7.55. The van der Waals surface area contributed by atoms with Crippen molar-refractivity contribution >= 4 is 0 Å². The SMILES string of the molecule is CC(O)c1cnn(CC2CCC3(CCCCC3)O2)c1. The Bertz CT molecular complexity index is 422. The normalized spacial score (nSPS) is 27.8. The summed E-state index contributed by atoms with van der Waals surface area (Å²) >= 11 is 0. The maximum atomic E-state index is 9.51. The van der Waals surface area contributed by atoms with Gasteiger partial charge >= 0.3 is 0 Å². The van der Waals surface area contributed by atoms with E-state index in [9.17, 15) is 5.11 Å². The predicted molar refractivity (Wildman–Crippen MR) is 72.8 cm³/mol. The number of ether oxygens (including phenoxy) is 1. The molecule has 0 amide bonds. The molecule has 106 valence electrons. The van der Waals surface area contributed by atoms with Crippen molar-refractivity contribution in [2.45, 2.75) is 76.2 Å². The molecule has 0 aromatic carbocycles. The molecular formula is C15H24N2O2. The first-order chi connectivity index (χ1) is 9.17. The van der Waals surface area contributed by atoms with E-state index in [1.807, 2.05) is 10.9 Å². The van der Waals surface area contributed by atoms with Crippen LogP contribution in [-0.4, -0.2) is 26.6 Å². The van der Waals surface area contributed by atoms with E-state index in [1.54, 1.807) is 13.1 Å². The maximum Gasteiger partial charge on any atom is 0.0792 e. The van der Waals surface area contributed by atoms with Gasteiger partial charge in [-0.25, -0.2) is 0 Å². The van der Waals surface area contributed by atoms with Gasteiger partial charge in [-0.3, -0.25) is 4.68 Å². The molecule has 1 saturated carbocycles. The number of aromatic nitrogens is 2. The Kier molecular flexibility index (Phi) is 3.63. The Balaban J connectivity index is 1.58. The van der Waals surface area contributed by atoms with E-state index in [4.69, 9.17) is 4.74 Å². The molecule has 2 heterocycles. The summed E-state index contributed by atoms with van der Waals surface area (Å²) in [6.45, 7) is 2.58. The van der Waals surface area contributed by atoms with Crippen LogP contribution in [-0.2, 0) is 11.3 Å². The lowest BCUT2D eigenvalue weighted by molar-refractivity contribution is -0.0688. The molecule has 19 heavy (non-hydrogen) atoms. The van der Waals surface area contributed by atoms with Crippen LogP contribution in [0.15, 0.2) is 12.4 Å². The molecule has 2 aliphatic rings. The second-order valence-electron chi connectivity index (χ2n) is 6.19. The summed E-state index contributed by atoms with van der Waals surface area (Å²) in [5.41, 5.74) is 1.06. The van der Waals surface area contributed by atoms with Crippen molar-refractivity contribution in [1.29, 1.82) is 0 Å². The molecule has 0 bridgehead atoms. The van der Waals surface area contributed by atoms with E-state index in [-0.39, 0.29) is 5.60 Å². The van der Waals surface area contributed by atoms with Crippen molar-refractivity contribution in [2.75, 3.05) is 0 Å². The van der Waals surface area contributed by atoms with Crippen LogP contribution >= 0.6 is 0 Å². The second kappa shape index (κ2) is 5.25. The third kappa shape index (κ3) is 2.84. The molecule has 2 unspecified atom stereocenters. The summed E-state index contributed by atoms with van der Waals surface area (Å²) in [6, 6.07) is 0. The second-order valence-corrected chi connectivity index (χ2v) is 6.19. The van der Waals surface area contributed by atoms with Gasteiger partial charge in [-0.2, -0.15) is 5.10 Å². The molecule has 1 aliphatic carbocycles. The van der Waals surface area contributed by atoms with E-state index >= 15 is 0 Å². The summed E-state index contributed by atoms with van der Waals surface area (Å²) in [4.78, 5) is 0. The average molecular weight is 264 g/mol. The van der Waals surface area contributed by atoms with Crippen LogP contribution in [0.25, 0.3) is 0 Å². The minimum Gasteiger partial charge on any atom is -0.389 e. The molecule has 1 aromatic rings. The van der Waals surface area contributed by atoms with Crippen LogP contribution in [0.5, 0.6) is 0 Å². The van der Waals surface area contributed by atoms with Crippen LogP contribution in [0, 0.1) is 0 Å². The topological polar surface area (TPSA) is 47.3 Å². The fourth-order valence-corrected chi connectivity index (χ4v) is 3.49. The zero-order chi connectivity index (χ0) is 13.3.